The molecule has 0 atom stereocenters. The Balaban J connectivity index is 1.59. The maximum absolute atomic E-state index is 11.7. The number of hydrogen-bond acceptors (Lipinski definition) is 4. The molecule has 0 aliphatic carbocycles. The molecule has 0 amide bonds. The molecule has 1 N–H and O–H groups in total. The van der Waals surface area contributed by atoms with Gasteiger partial charge in [-0.1, -0.05) is 77.4 Å². The van der Waals surface area contributed by atoms with Crippen LogP contribution in [0.5, 0.6) is 11.5 Å². The van der Waals surface area contributed by atoms with E-state index in [9.17, 15) is 9.90 Å². The van der Waals surface area contributed by atoms with E-state index in [4.69, 9.17) is 26.6 Å². The number of halogens is 1. The van der Waals surface area contributed by atoms with E-state index < -0.39 is 5.97 Å². The second-order valence-corrected chi connectivity index (χ2v) is 11.0. The van der Waals surface area contributed by atoms with E-state index >= 15 is 0 Å². The van der Waals surface area contributed by atoms with Gasteiger partial charge < -0.3 is 19.1 Å². The number of aromatic carboxylic acids is 1. The van der Waals surface area contributed by atoms with Gasteiger partial charge in [0.1, 0.15) is 17.1 Å². The summed E-state index contributed by atoms with van der Waals surface area (Å²) in [5, 5.41) is 15.1. The van der Waals surface area contributed by atoms with E-state index in [-0.39, 0.29) is 30.0 Å². The van der Waals surface area contributed by atoms with Crippen LogP contribution in [-0.2, 0) is 12.8 Å². The number of fused-ring (bicyclic) bond motifs is 1. The van der Waals surface area contributed by atoms with Crippen molar-refractivity contribution < 1.29 is 19.4 Å². The number of hydrogen-bond donors (Lipinski definition) is 1. The number of ether oxygens (including phenoxy) is 2. The minimum atomic E-state index is -1.06. The Morgan fingerprint density at radius 3 is 2.25 bits per heavy atom. The molecule has 0 radical (unpaired) electrons. The molecule has 5 aromatic rings. The third kappa shape index (κ3) is 6.83. The minimum Gasteiger partial charge on any atom is -0.493 e. The average Bonchev–Trinajstić information content (AvgIpc) is 3.30. The third-order valence-corrected chi connectivity index (χ3v) is 7.59. The monoisotopic (exact) mass is 608 g/mol. The molecule has 0 bridgehead atoms. The number of azide groups is 1. The van der Waals surface area contributed by atoms with Crippen LogP contribution in [0.3, 0.4) is 0 Å². The van der Waals surface area contributed by atoms with E-state index in [0.717, 1.165) is 33.3 Å². The number of benzene rings is 4. The van der Waals surface area contributed by atoms with Crippen molar-refractivity contribution in [1.29, 1.82) is 0 Å². The van der Waals surface area contributed by atoms with Gasteiger partial charge in [-0.05, 0) is 72.8 Å². The lowest BCUT2D eigenvalue weighted by Crippen LogP contribution is -2.16. The fourth-order valence-electron chi connectivity index (χ4n) is 5.60. The van der Waals surface area contributed by atoms with Crippen LogP contribution < -0.4 is 9.47 Å². The largest absolute Gasteiger partial charge is 0.493 e. The van der Waals surface area contributed by atoms with Crippen molar-refractivity contribution in [2.45, 2.75) is 38.8 Å². The Morgan fingerprint density at radius 2 is 1.64 bits per heavy atom. The van der Waals surface area contributed by atoms with Crippen molar-refractivity contribution in [2.75, 3.05) is 13.2 Å². The summed E-state index contributed by atoms with van der Waals surface area (Å²) in [5.41, 5.74) is 14.5. The highest BCUT2D eigenvalue weighted by atomic mass is 35.5. The molecular formula is C35H33ClN4O4. The zero-order valence-electron chi connectivity index (χ0n) is 24.6. The van der Waals surface area contributed by atoms with Gasteiger partial charge in [0.25, 0.3) is 0 Å². The van der Waals surface area contributed by atoms with Crippen LogP contribution >= 0.6 is 11.6 Å². The van der Waals surface area contributed by atoms with Crippen LogP contribution in [0.25, 0.3) is 21.3 Å². The first-order valence-corrected chi connectivity index (χ1v) is 14.8. The summed E-state index contributed by atoms with van der Waals surface area (Å²) >= 11 is 6.55. The second kappa shape index (κ2) is 14.0. The average molecular weight is 609 g/mol. The number of rotatable bonds is 13. The standard InChI is InChI=1S/C35H33ClN4O4/c1-23(2)44-33-22-27(14-15-29(33)35(41)42)43-20-18-28-30-21-26(36)13-16-31(30)40(32(28)17-19-38-39-37)34(24-9-5-3-6-10-24)25-11-7-4-8-12-25/h3-16,21-23,34H,17-20H2,1-2H3,(H,41,42). The number of carbonyl (C=O) groups is 1. The van der Waals surface area contributed by atoms with Gasteiger partial charge in [0.05, 0.1) is 18.8 Å². The van der Waals surface area contributed by atoms with Crippen molar-refractivity contribution >= 4 is 28.5 Å². The zero-order chi connectivity index (χ0) is 31.1. The van der Waals surface area contributed by atoms with Gasteiger partial charge in [-0.2, -0.15) is 0 Å². The van der Waals surface area contributed by atoms with Crippen molar-refractivity contribution in [3.63, 3.8) is 0 Å². The number of carboxylic acid groups (broad SMARTS) is 1. The molecule has 224 valence electrons. The molecule has 1 heterocycles. The van der Waals surface area contributed by atoms with Gasteiger partial charge in [-0.15, -0.1) is 0 Å². The van der Waals surface area contributed by atoms with Crippen molar-refractivity contribution in [3.05, 3.63) is 140 Å². The molecule has 5 rings (SSSR count). The summed E-state index contributed by atoms with van der Waals surface area (Å²) in [6.07, 6.45) is 0.856. The second-order valence-electron chi connectivity index (χ2n) is 10.6. The predicted molar refractivity (Wildman–Crippen MR) is 173 cm³/mol. The van der Waals surface area contributed by atoms with E-state index in [2.05, 4.69) is 38.9 Å². The number of aromatic nitrogens is 1. The highest BCUT2D eigenvalue weighted by Gasteiger charge is 2.25. The van der Waals surface area contributed by atoms with Gasteiger partial charge in [-0.25, -0.2) is 4.79 Å². The minimum absolute atomic E-state index is 0.0805. The molecule has 1 aromatic heterocycles. The summed E-state index contributed by atoms with van der Waals surface area (Å²) in [7, 11) is 0. The first-order valence-electron chi connectivity index (χ1n) is 14.5. The third-order valence-electron chi connectivity index (χ3n) is 7.35. The van der Waals surface area contributed by atoms with Crippen LogP contribution in [-0.4, -0.2) is 34.9 Å². The molecule has 9 heteroatoms. The maximum atomic E-state index is 11.7. The van der Waals surface area contributed by atoms with Gasteiger partial charge in [0.15, 0.2) is 0 Å². The maximum Gasteiger partial charge on any atom is 0.339 e. The molecule has 0 spiro atoms. The fourth-order valence-corrected chi connectivity index (χ4v) is 5.78. The van der Waals surface area contributed by atoms with Crippen molar-refractivity contribution in [2.24, 2.45) is 5.11 Å². The lowest BCUT2D eigenvalue weighted by Gasteiger charge is -2.25. The summed E-state index contributed by atoms with van der Waals surface area (Å²) in [4.78, 5) is 14.7. The molecule has 0 aliphatic heterocycles. The Labute approximate surface area is 261 Å². The highest BCUT2D eigenvalue weighted by molar-refractivity contribution is 6.31. The number of nitrogens with zero attached hydrogens (tertiary/aromatic N) is 4. The number of carboxylic acids is 1. The van der Waals surface area contributed by atoms with Crippen molar-refractivity contribution in [1.82, 2.24) is 4.57 Å². The lowest BCUT2D eigenvalue weighted by atomic mass is 9.97. The molecule has 4 aromatic carbocycles. The SMILES string of the molecule is CC(C)Oc1cc(OCCc2c(CCN=[N+]=[N-])n(C(c3ccccc3)c3ccccc3)c3ccc(Cl)cc23)ccc1C(=O)O. The fraction of sp³-hybridized carbons (Fsp3) is 0.229. The first kappa shape index (κ1) is 30.5. The molecule has 0 saturated heterocycles. The van der Waals surface area contributed by atoms with Gasteiger partial charge in [0.2, 0.25) is 0 Å². The Bertz CT molecular complexity index is 1760. The van der Waals surface area contributed by atoms with Gasteiger partial charge >= 0.3 is 5.97 Å². The van der Waals surface area contributed by atoms with E-state index in [1.54, 1.807) is 12.1 Å². The van der Waals surface area contributed by atoms with Crippen LogP contribution in [0.15, 0.2) is 102 Å². The van der Waals surface area contributed by atoms with E-state index in [1.807, 2.05) is 68.4 Å². The molecule has 0 saturated carbocycles. The van der Waals surface area contributed by atoms with E-state index in [1.165, 1.54) is 6.07 Å². The Morgan fingerprint density at radius 1 is 0.955 bits per heavy atom. The predicted octanol–water partition coefficient (Wildman–Crippen LogP) is 8.89. The topological polar surface area (TPSA) is 109 Å². The smallest absolute Gasteiger partial charge is 0.339 e. The normalized spacial score (nSPS) is 11.1. The lowest BCUT2D eigenvalue weighted by molar-refractivity contribution is 0.0690. The quantitative estimate of drug-likeness (QED) is 0.0817. The summed E-state index contributed by atoms with van der Waals surface area (Å²) < 4.78 is 14.2. The zero-order valence-corrected chi connectivity index (χ0v) is 25.3. The molecular weight excluding hydrogens is 576 g/mol. The van der Waals surface area contributed by atoms with Crippen LogP contribution in [0.4, 0.5) is 0 Å². The van der Waals surface area contributed by atoms with Crippen LogP contribution in [0.2, 0.25) is 5.02 Å². The molecule has 0 unspecified atom stereocenters. The Hall–Kier alpha value is -4.91. The van der Waals surface area contributed by atoms with Gasteiger partial charge in [0, 0.05) is 45.6 Å². The molecule has 8 nitrogen and oxygen atoms in total. The molecule has 44 heavy (non-hydrogen) atoms. The Kier molecular flexibility index (Phi) is 9.75. The van der Waals surface area contributed by atoms with E-state index in [0.29, 0.717) is 30.2 Å². The van der Waals surface area contributed by atoms with Crippen LogP contribution in [0, 0.1) is 0 Å². The molecule has 0 fully saturated rings. The van der Waals surface area contributed by atoms with Crippen molar-refractivity contribution in [3.8, 4) is 11.5 Å². The summed E-state index contributed by atoms with van der Waals surface area (Å²) in [6, 6.07) is 31.2. The summed E-state index contributed by atoms with van der Waals surface area (Å²) in [5.74, 6) is -0.292. The molecule has 0 aliphatic rings. The highest BCUT2D eigenvalue weighted by Crippen LogP contribution is 2.38. The first-order chi connectivity index (χ1) is 21.4. The summed E-state index contributed by atoms with van der Waals surface area (Å²) in [6.45, 7) is 4.29. The van der Waals surface area contributed by atoms with Crippen LogP contribution in [0.1, 0.15) is 52.6 Å². The van der Waals surface area contributed by atoms with Gasteiger partial charge in [-0.3, -0.25) is 0 Å².